The van der Waals surface area contributed by atoms with E-state index in [1.807, 2.05) is 30.1 Å². The summed E-state index contributed by atoms with van der Waals surface area (Å²) >= 11 is 0. The minimum absolute atomic E-state index is 0.0879. The fourth-order valence-electron chi connectivity index (χ4n) is 2.46. The van der Waals surface area contributed by atoms with Gasteiger partial charge in [0.25, 0.3) is 5.56 Å². The number of H-pyrrole nitrogens is 1. The van der Waals surface area contributed by atoms with E-state index in [4.69, 9.17) is 4.74 Å². The monoisotopic (exact) mass is 259 g/mol. The first-order valence-corrected chi connectivity index (χ1v) is 6.52. The molecule has 1 aliphatic rings. The van der Waals surface area contributed by atoms with Crippen LogP contribution in [0.5, 0.6) is 0 Å². The second kappa shape index (κ2) is 5.01. The molecule has 5 heteroatoms. The van der Waals surface area contributed by atoms with Gasteiger partial charge in [0.05, 0.1) is 17.5 Å². The molecule has 100 valence electrons. The largest absolute Gasteiger partial charge is 0.381 e. The Balaban J connectivity index is 1.89. The molecule has 19 heavy (non-hydrogen) atoms. The van der Waals surface area contributed by atoms with Crippen LogP contribution in [0.1, 0.15) is 6.42 Å². The van der Waals surface area contributed by atoms with Crippen LogP contribution in [0.4, 0.5) is 5.95 Å². The van der Waals surface area contributed by atoms with Gasteiger partial charge in [-0.3, -0.25) is 9.78 Å². The van der Waals surface area contributed by atoms with Crippen molar-refractivity contribution in [3.05, 3.63) is 34.6 Å². The number of anilines is 1. The molecule has 0 radical (unpaired) electrons. The Morgan fingerprint density at radius 3 is 3.11 bits per heavy atom. The number of aromatic amines is 1. The maximum Gasteiger partial charge on any atom is 0.260 e. The van der Waals surface area contributed by atoms with E-state index >= 15 is 0 Å². The molecule has 5 nitrogen and oxygen atoms in total. The first kappa shape index (κ1) is 12.2. The summed E-state index contributed by atoms with van der Waals surface area (Å²) in [6.45, 7) is 2.48. The highest BCUT2D eigenvalue weighted by Crippen LogP contribution is 2.16. The molecule has 3 rings (SSSR count). The summed E-state index contributed by atoms with van der Waals surface area (Å²) in [5.74, 6) is 1.14. The molecule has 0 bridgehead atoms. The fraction of sp³-hybridized carbons (Fsp3) is 0.429. The molecule has 0 spiro atoms. The summed E-state index contributed by atoms with van der Waals surface area (Å²) in [6.07, 6.45) is 1.07. The number of ether oxygens (including phenoxy) is 1. The Kier molecular flexibility index (Phi) is 3.21. The SMILES string of the molecule is CN(C[C@H]1CCOC1)c1nc2ccccc2c(=O)[nH]1. The van der Waals surface area contributed by atoms with Crippen molar-refractivity contribution >= 4 is 16.9 Å². The van der Waals surface area contributed by atoms with Gasteiger partial charge in [0.15, 0.2) is 0 Å². The number of fused-ring (bicyclic) bond motifs is 1. The summed E-state index contributed by atoms with van der Waals surface area (Å²) in [4.78, 5) is 21.3. The van der Waals surface area contributed by atoms with Crippen LogP contribution in [0.25, 0.3) is 10.9 Å². The van der Waals surface area contributed by atoms with Crippen molar-refractivity contribution in [3.8, 4) is 0 Å². The lowest BCUT2D eigenvalue weighted by Gasteiger charge is -2.20. The van der Waals surface area contributed by atoms with Gasteiger partial charge in [0.1, 0.15) is 0 Å². The van der Waals surface area contributed by atoms with Gasteiger partial charge < -0.3 is 9.64 Å². The van der Waals surface area contributed by atoms with Gasteiger partial charge in [-0.25, -0.2) is 4.98 Å². The van der Waals surface area contributed by atoms with Crippen LogP contribution in [-0.4, -0.2) is 36.8 Å². The summed E-state index contributed by atoms with van der Waals surface area (Å²) in [5.41, 5.74) is 0.644. The van der Waals surface area contributed by atoms with Gasteiger partial charge in [-0.15, -0.1) is 0 Å². The number of nitrogens with one attached hydrogen (secondary N) is 1. The fourth-order valence-corrected chi connectivity index (χ4v) is 2.46. The van der Waals surface area contributed by atoms with Crippen LogP contribution in [-0.2, 0) is 4.74 Å². The predicted molar refractivity (Wildman–Crippen MR) is 74.6 cm³/mol. The highest BCUT2D eigenvalue weighted by atomic mass is 16.5. The number of hydrogen-bond donors (Lipinski definition) is 1. The zero-order valence-corrected chi connectivity index (χ0v) is 10.9. The quantitative estimate of drug-likeness (QED) is 0.905. The lowest BCUT2D eigenvalue weighted by molar-refractivity contribution is 0.186. The molecule has 0 amide bonds. The van der Waals surface area contributed by atoms with Crippen LogP contribution < -0.4 is 10.5 Å². The van der Waals surface area contributed by atoms with Crippen molar-refractivity contribution in [2.75, 3.05) is 31.7 Å². The molecule has 1 aliphatic heterocycles. The average molecular weight is 259 g/mol. The standard InChI is InChI=1S/C14H17N3O2/c1-17(8-10-6-7-19-9-10)14-15-12-5-3-2-4-11(12)13(18)16-14/h2-5,10H,6-9H2,1H3,(H,15,16,18)/t10-/m1/s1. The van der Waals surface area contributed by atoms with Crippen LogP contribution in [0.3, 0.4) is 0 Å². The van der Waals surface area contributed by atoms with Gasteiger partial charge in [0.2, 0.25) is 5.95 Å². The molecule has 2 aromatic rings. The lowest BCUT2D eigenvalue weighted by atomic mass is 10.1. The van der Waals surface area contributed by atoms with E-state index < -0.39 is 0 Å². The highest BCUT2D eigenvalue weighted by Gasteiger charge is 2.18. The Labute approximate surface area is 111 Å². The number of rotatable bonds is 3. The van der Waals surface area contributed by atoms with Crippen LogP contribution in [0.15, 0.2) is 29.1 Å². The van der Waals surface area contributed by atoms with Crippen molar-refractivity contribution < 1.29 is 4.74 Å². The van der Waals surface area contributed by atoms with Crippen molar-refractivity contribution in [3.63, 3.8) is 0 Å². The molecule has 1 saturated heterocycles. The van der Waals surface area contributed by atoms with E-state index in [0.717, 1.165) is 31.7 Å². The topological polar surface area (TPSA) is 58.2 Å². The smallest absolute Gasteiger partial charge is 0.260 e. The molecule has 0 unspecified atom stereocenters. The second-order valence-corrected chi connectivity index (χ2v) is 5.02. The maximum atomic E-state index is 12.0. The van der Waals surface area contributed by atoms with E-state index in [-0.39, 0.29) is 5.56 Å². The summed E-state index contributed by atoms with van der Waals surface area (Å²) < 4.78 is 5.37. The summed E-state index contributed by atoms with van der Waals surface area (Å²) in [5, 5.41) is 0.629. The normalized spacial score (nSPS) is 18.9. The minimum Gasteiger partial charge on any atom is -0.381 e. The second-order valence-electron chi connectivity index (χ2n) is 5.02. The molecular formula is C14H17N3O2. The van der Waals surface area contributed by atoms with E-state index in [1.54, 1.807) is 6.07 Å². The van der Waals surface area contributed by atoms with Gasteiger partial charge in [-0.2, -0.15) is 0 Å². The molecule has 1 aromatic carbocycles. The van der Waals surface area contributed by atoms with Gasteiger partial charge >= 0.3 is 0 Å². The van der Waals surface area contributed by atoms with Gasteiger partial charge in [-0.1, -0.05) is 12.1 Å². The van der Waals surface area contributed by atoms with Crippen LogP contribution in [0.2, 0.25) is 0 Å². The molecule has 1 atom stereocenters. The zero-order valence-electron chi connectivity index (χ0n) is 10.9. The maximum absolute atomic E-state index is 12.0. The Morgan fingerprint density at radius 1 is 1.47 bits per heavy atom. The number of aromatic nitrogens is 2. The molecule has 0 saturated carbocycles. The zero-order chi connectivity index (χ0) is 13.2. The van der Waals surface area contributed by atoms with Gasteiger partial charge in [0, 0.05) is 26.1 Å². The van der Waals surface area contributed by atoms with Crippen molar-refractivity contribution in [2.24, 2.45) is 5.92 Å². The lowest BCUT2D eigenvalue weighted by Crippen LogP contribution is -2.29. The number of hydrogen-bond acceptors (Lipinski definition) is 4. The highest BCUT2D eigenvalue weighted by molar-refractivity contribution is 5.78. The predicted octanol–water partition coefficient (Wildman–Crippen LogP) is 1.40. The molecule has 2 heterocycles. The van der Waals surface area contributed by atoms with Crippen LogP contribution >= 0.6 is 0 Å². The van der Waals surface area contributed by atoms with E-state index in [9.17, 15) is 4.79 Å². The molecule has 1 fully saturated rings. The van der Waals surface area contributed by atoms with Gasteiger partial charge in [-0.05, 0) is 18.6 Å². The van der Waals surface area contributed by atoms with Crippen molar-refractivity contribution in [1.29, 1.82) is 0 Å². The van der Waals surface area contributed by atoms with Crippen molar-refractivity contribution in [2.45, 2.75) is 6.42 Å². The van der Waals surface area contributed by atoms with E-state index in [2.05, 4.69) is 9.97 Å². The number of benzene rings is 1. The average Bonchev–Trinajstić information content (AvgIpc) is 2.91. The molecule has 1 aromatic heterocycles. The summed E-state index contributed by atoms with van der Waals surface area (Å²) in [7, 11) is 1.95. The third-order valence-electron chi connectivity index (χ3n) is 3.52. The molecule has 1 N–H and O–H groups in total. The Morgan fingerprint density at radius 2 is 2.32 bits per heavy atom. The molecule has 0 aliphatic carbocycles. The Hall–Kier alpha value is -1.88. The third kappa shape index (κ3) is 2.46. The third-order valence-corrected chi connectivity index (χ3v) is 3.52. The first-order chi connectivity index (χ1) is 9.24. The summed E-state index contributed by atoms with van der Waals surface area (Å²) in [6, 6.07) is 7.39. The number of nitrogens with zero attached hydrogens (tertiary/aromatic N) is 2. The van der Waals surface area contributed by atoms with Crippen LogP contribution in [0, 0.1) is 5.92 Å². The molecular weight excluding hydrogens is 242 g/mol. The van der Waals surface area contributed by atoms with Crippen molar-refractivity contribution in [1.82, 2.24) is 9.97 Å². The minimum atomic E-state index is -0.0879. The van der Waals surface area contributed by atoms with E-state index in [1.165, 1.54) is 0 Å². The Bertz CT molecular complexity index is 632. The van der Waals surface area contributed by atoms with E-state index in [0.29, 0.717) is 17.3 Å². The number of para-hydroxylation sites is 1. The first-order valence-electron chi connectivity index (χ1n) is 6.52.